The van der Waals surface area contributed by atoms with E-state index in [0.717, 1.165) is 24.8 Å². The third kappa shape index (κ3) is 4.26. The van der Waals surface area contributed by atoms with Crippen LogP contribution in [0.25, 0.3) is 0 Å². The first-order valence-electron chi connectivity index (χ1n) is 6.75. The van der Waals surface area contributed by atoms with Crippen LogP contribution in [-0.4, -0.2) is 47.1 Å². The first kappa shape index (κ1) is 14.4. The minimum Gasteiger partial charge on any atom is -0.476 e. The van der Waals surface area contributed by atoms with Crippen LogP contribution in [0, 0.1) is 0 Å². The maximum absolute atomic E-state index is 10.7. The molecule has 0 aliphatic heterocycles. The zero-order chi connectivity index (χ0) is 13.7. The molecule has 1 aromatic heterocycles. The standard InChI is InChI=1S/C13H21N3O2S/c1-16(11-4-2-3-5-11)7-6-14-8-10-9-19-12(15-10)13(17)18/h9,11,14H,2-8H2,1H3,(H,17,18). The molecule has 0 spiro atoms. The molecule has 1 aromatic rings. The minimum absolute atomic E-state index is 0.167. The topological polar surface area (TPSA) is 65.5 Å². The van der Waals surface area contributed by atoms with Crippen LogP contribution in [0.5, 0.6) is 0 Å². The Morgan fingerprint density at radius 3 is 2.95 bits per heavy atom. The third-order valence-electron chi connectivity index (χ3n) is 3.63. The summed E-state index contributed by atoms with van der Waals surface area (Å²) in [4.78, 5) is 17.2. The van der Waals surface area contributed by atoms with Crippen molar-refractivity contribution >= 4 is 17.3 Å². The van der Waals surface area contributed by atoms with Crippen LogP contribution in [0.4, 0.5) is 0 Å². The summed E-state index contributed by atoms with van der Waals surface area (Å²) in [5.41, 5.74) is 0.811. The van der Waals surface area contributed by atoms with E-state index < -0.39 is 5.97 Å². The van der Waals surface area contributed by atoms with E-state index in [1.807, 2.05) is 0 Å². The Balaban J connectivity index is 1.64. The second kappa shape index (κ2) is 6.98. The van der Waals surface area contributed by atoms with Gasteiger partial charge in [-0.2, -0.15) is 0 Å². The second-order valence-electron chi connectivity index (χ2n) is 5.04. The van der Waals surface area contributed by atoms with Crippen LogP contribution in [0.2, 0.25) is 0 Å². The minimum atomic E-state index is -0.947. The Labute approximate surface area is 117 Å². The number of hydrogen-bond acceptors (Lipinski definition) is 5. The molecule has 19 heavy (non-hydrogen) atoms. The van der Waals surface area contributed by atoms with E-state index >= 15 is 0 Å². The lowest BCUT2D eigenvalue weighted by Crippen LogP contribution is -2.35. The Hall–Kier alpha value is -0.980. The number of rotatable bonds is 7. The van der Waals surface area contributed by atoms with Gasteiger partial charge in [0, 0.05) is 31.1 Å². The Morgan fingerprint density at radius 1 is 1.58 bits per heavy atom. The van der Waals surface area contributed by atoms with Crippen LogP contribution < -0.4 is 5.32 Å². The second-order valence-corrected chi connectivity index (χ2v) is 5.90. The molecule has 0 amide bonds. The van der Waals surface area contributed by atoms with Gasteiger partial charge in [0.2, 0.25) is 5.01 Å². The van der Waals surface area contributed by atoms with Crippen molar-refractivity contribution in [3.63, 3.8) is 0 Å². The molecule has 1 fully saturated rings. The normalized spacial score (nSPS) is 16.3. The summed E-state index contributed by atoms with van der Waals surface area (Å²) >= 11 is 1.18. The predicted molar refractivity (Wildman–Crippen MR) is 75.7 cm³/mol. The van der Waals surface area contributed by atoms with E-state index in [2.05, 4.69) is 22.2 Å². The van der Waals surface area contributed by atoms with Crippen molar-refractivity contribution in [1.29, 1.82) is 0 Å². The molecule has 1 saturated carbocycles. The van der Waals surface area contributed by atoms with Gasteiger partial charge >= 0.3 is 5.97 Å². The highest BCUT2D eigenvalue weighted by Crippen LogP contribution is 2.21. The molecule has 1 aliphatic rings. The molecule has 0 bridgehead atoms. The van der Waals surface area contributed by atoms with Gasteiger partial charge in [0.1, 0.15) is 0 Å². The summed E-state index contributed by atoms with van der Waals surface area (Å²) in [5.74, 6) is -0.947. The lowest BCUT2D eigenvalue weighted by atomic mass is 10.2. The molecular weight excluding hydrogens is 262 g/mol. The van der Waals surface area contributed by atoms with Gasteiger partial charge in [-0.15, -0.1) is 11.3 Å². The van der Waals surface area contributed by atoms with E-state index in [9.17, 15) is 4.79 Å². The SMILES string of the molecule is CN(CCNCc1csc(C(=O)O)n1)C1CCCC1. The molecule has 5 nitrogen and oxygen atoms in total. The molecule has 6 heteroatoms. The van der Waals surface area contributed by atoms with Gasteiger partial charge in [-0.1, -0.05) is 12.8 Å². The number of aromatic nitrogens is 1. The van der Waals surface area contributed by atoms with Gasteiger partial charge in [-0.3, -0.25) is 0 Å². The van der Waals surface area contributed by atoms with Crippen molar-refractivity contribution < 1.29 is 9.90 Å². The van der Waals surface area contributed by atoms with Gasteiger partial charge in [-0.25, -0.2) is 9.78 Å². The zero-order valence-electron chi connectivity index (χ0n) is 11.3. The zero-order valence-corrected chi connectivity index (χ0v) is 12.1. The monoisotopic (exact) mass is 283 g/mol. The summed E-state index contributed by atoms with van der Waals surface area (Å²) in [7, 11) is 2.18. The van der Waals surface area contributed by atoms with Crippen molar-refractivity contribution in [2.24, 2.45) is 0 Å². The number of carboxylic acids is 1. The number of thiazole rings is 1. The molecule has 1 aliphatic carbocycles. The van der Waals surface area contributed by atoms with Gasteiger partial charge in [0.05, 0.1) is 5.69 Å². The molecule has 0 atom stereocenters. The Bertz CT molecular complexity index is 416. The van der Waals surface area contributed by atoms with E-state index in [1.54, 1.807) is 5.38 Å². The lowest BCUT2D eigenvalue weighted by molar-refractivity contribution is 0.0696. The van der Waals surface area contributed by atoms with Gasteiger partial charge in [0.25, 0.3) is 0 Å². The molecule has 0 saturated heterocycles. The average Bonchev–Trinajstić information content (AvgIpc) is 3.05. The fraction of sp³-hybridized carbons (Fsp3) is 0.692. The maximum atomic E-state index is 10.7. The predicted octanol–water partition coefficient (Wildman–Crippen LogP) is 1.81. The molecule has 106 valence electrons. The Kier molecular flexibility index (Phi) is 5.30. The van der Waals surface area contributed by atoms with E-state index in [4.69, 9.17) is 5.11 Å². The highest BCUT2D eigenvalue weighted by molar-refractivity contribution is 7.11. The fourth-order valence-electron chi connectivity index (χ4n) is 2.49. The van der Waals surface area contributed by atoms with Crippen LogP contribution in [0.3, 0.4) is 0 Å². The highest BCUT2D eigenvalue weighted by Gasteiger charge is 2.18. The highest BCUT2D eigenvalue weighted by atomic mass is 32.1. The summed E-state index contributed by atoms with van der Waals surface area (Å²) in [5, 5.41) is 14.1. The van der Waals surface area contributed by atoms with E-state index in [0.29, 0.717) is 6.54 Å². The fourth-order valence-corrected chi connectivity index (χ4v) is 3.14. The molecule has 2 rings (SSSR count). The number of nitrogens with one attached hydrogen (secondary N) is 1. The van der Waals surface area contributed by atoms with Crippen molar-refractivity contribution in [2.45, 2.75) is 38.3 Å². The van der Waals surface area contributed by atoms with Crippen molar-refractivity contribution in [3.05, 3.63) is 16.1 Å². The van der Waals surface area contributed by atoms with E-state index in [-0.39, 0.29) is 5.01 Å². The number of likely N-dealkylation sites (N-methyl/N-ethyl adjacent to an activating group) is 1. The molecule has 0 radical (unpaired) electrons. The molecule has 0 aromatic carbocycles. The van der Waals surface area contributed by atoms with Crippen LogP contribution >= 0.6 is 11.3 Å². The van der Waals surface area contributed by atoms with E-state index in [1.165, 1.54) is 37.0 Å². The lowest BCUT2D eigenvalue weighted by Gasteiger charge is -2.23. The van der Waals surface area contributed by atoms with Crippen molar-refractivity contribution in [2.75, 3.05) is 20.1 Å². The third-order valence-corrected chi connectivity index (χ3v) is 4.51. The molecule has 1 heterocycles. The number of carbonyl (C=O) groups is 1. The summed E-state index contributed by atoms with van der Waals surface area (Å²) in [6, 6.07) is 0.750. The van der Waals surface area contributed by atoms with Gasteiger partial charge in [-0.05, 0) is 19.9 Å². The Morgan fingerprint density at radius 2 is 2.32 bits per heavy atom. The molecular formula is C13H21N3O2S. The first-order valence-corrected chi connectivity index (χ1v) is 7.63. The number of aromatic carboxylic acids is 1. The maximum Gasteiger partial charge on any atom is 0.365 e. The summed E-state index contributed by atoms with van der Waals surface area (Å²) in [6.07, 6.45) is 5.37. The van der Waals surface area contributed by atoms with Crippen LogP contribution in [-0.2, 0) is 6.54 Å². The van der Waals surface area contributed by atoms with Crippen molar-refractivity contribution in [1.82, 2.24) is 15.2 Å². The smallest absolute Gasteiger partial charge is 0.365 e. The molecule has 0 unspecified atom stereocenters. The van der Waals surface area contributed by atoms with Gasteiger partial charge in [0.15, 0.2) is 0 Å². The van der Waals surface area contributed by atoms with Crippen molar-refractivity contribution in [3.8, 4) is 0 Å². The number of carboxylic acid groups (broad SMARTS) is 1. The molecule has 2 N–H and O–H groups in total. The van der Waals surface area contributed by atoms with Gasteiger partial charge < -0.3 is 15.3 Å². The number of hydrogen-bond donors (Lipinski definition) is 2. The summed E-state index contributed by atoms with van der Waals surface area (Å²) in [6.45, 7) is 2.58. The average molecular weight is 283 g/mol. The largest absolute Gasteiger partial charge is 0.476 e. The van der Waals surface area contributed by atoms with Crippen LogP contribution in [0.1, 0.15) is 41.2 Å². The van der Waals surface area contributed by atoms with Crippen LogP contribution in [0.15, 0.2) is 5.38 Å². The number of nitrogens with zero attached hydrogens (tertiary/aromatic N) is 2. The first-order chi connectivity index (χ1) is 9.16. The summed E-state index contributed by atoms with van der Waals surface area (Å²) < 4.78 is 0. The quantitative estimate of drug-likeness (QED) is 0.747.